The minimum Gasteiger partial charge on any atom is -0.296 e. The van der Waals surface area contributed by atoms with Crippen LogP contribution in [0.15, 0.2) is 41.2 Å². The molecule has 6 heteroatoms. The molecule has 1 aromatic heterocycles. The van der Waals surface area contributed by atoms with E-state index in [1.54, 1.807) is 46.8 Å². The van der Waals surface area contributed by atoms with Gasteiger partial charge in [0.05, 0.1) is 10.6 Å². The number of allylic oxidation sites excluding steroid dienone is 1. The molecular weight excluding hydrogens is 322 g/mol. The van der Waals surface area contributed by atoms with Crippen molar-refractivity contribution < 1.29 is 0 Å². The minimum absolute atomic E-state index is 0.282. The third-order valence-corrected chi connectivity index (χ3v) is 6.43. The molecule has 0 spiro atoms. The lowest BCUT2D eigenvalue weighted by atomic mass is 10.1. The number of thioether (sulfide) groups is 2. The number of imidazole rings is 1. The van der Waals surface area contributed by atoms with Crippen LogP contribution in [0, 0.1) is 18.3 Å². The highest BCUT2D eigenvalue weighted by atomic mass is 35.5. The van der Waals surface area contributed by atoms with E-state index >= 15 is 0 Å². The van der Waals surface area contributed by atoms with E-state index in [0.29, 0.717) is 5.70 Å². The van der Waals surface area contributed by atoms with Gasteiger partial charge in [-0.25, -0.2) is 4.98 Å². The Kier molecular flexibility index (Phi) is 4.29. The molecule has 21 heavy (non-hydrogen) atoms. The van der Waals surface area contributed by atoms with Crippen LogP contribution < -0.4 is 0 Å². The quantitative estimate of drug-likeness (QED) is 0.746. The molecule has 0 saturated carbocycles. The predicted octanol–water partition coefficient (Wildman–Crippen LogP) is 4.72. The van der Waals surface area contributed by atoms with Crippen LogP contribution in [0.25, 0.3) is 5.70 Å². The number of hydrogen-bond donors (Lipinski definition) is 0. The van der Waals surface area contributed by atoms with Crippen molar-refractivity contribution in [2.24, 2.45) is 0 Å². The van der Waals surface area contributed by atoms with E-state index < -0.39 is 0 Å². The third-order valence-electron chi connectivity index (χ3n) is 3.18. The monoisotopic (exact) mass is 333 g/mol. The molecule has 2 heterocycles. The lowest BCUT2D eigenvalue weighted by Crippen LogP contribution is -1.94. The average molecular weight is 334 g/mol. The van der Waals surface area contributed by atoms with Gasteiger partial charge in [-0.15, -0.1) is 23.5 Å². The number of nitriles is 1. The molecule has 0 N–H and O–H groups in total. The number of hydrogen-bond acceptors (Lipinski definition) is 4. The van der Waals surface area contributed by atoms with Crippen molar-refractivity contribution in [2.75, 3.05) is 5.75 Å². The van der Waals surface area contributed by atoms with Gasteiger partial charge in [0.25, 0.3) is 0 Å². The van der Waals surface area contributed by atoms with Crippen LogP contribution in [0.1, 0.15) is 16.4 Å². The van der Waals surface area contributed by atoms with E-state index in [1.807, 2.05) is 13.0 Å². The van der Waals surface area contributed by atoms with Gasteiger partial charge in [0, 0.05) is 28.4 Å². The summed E-state index contributed by atoms with van der Waals surface area (Å²) >= 11 is 9.76. The Balaban J connectivity index is 1.90. The molecule has 1 atom stereocenters. The Morgan fingerprint density at radius 1 is 1.52 bits per heavy atom. The Hall–Kier alpha value is -1.35. The second-order valence-corrected chi connectivity index (χ2v) is 7.57. The fourth-order valence-electron chi connectivity index (χ4n) is 2.12. The van der Waals surface area contributed by atoms with Gasteiger partial charge in [-0.1, -0.05) is 23.7 Å². The van der Waals surface area contributed by atoms with Crippen molar-refractivity contribution in [3.63, 3.8) is 0 Å². The molecule has 0 radical (unpaired) electrons. The van der Waals surface area contributed by atoms with Crippen molar-refractivity contribution in [2.45, 2.75) is 12.2 Å². The number of aromatic nitrogens is 2. The zero-order chi connectivity index (χ0) is 14.8. The first-order chi connectivity index (χ1) is 10.2. The van der Waals surface area contributed by atoms with Crippen molar-refractivity contribution in [3.05, 3.63) is 57.3 Å². The molecule has 0 bridgehead atoms. The maximum atomic E-state index is 9.40. The molecule has 1 fully saturated rings. The summed E-state index contributed by atoms with van der Waals surface area (Å²) in [5.74, 6) is 0.919. The first kappa shape index (κ1) is 14.6. The molecule has 0 unspecified atom stereocenters. The van der Waals surface area contributed by atoms with Crippen molar-refractivity contribution in [3.8, 4) is 6.07 Å². The van der Waals surface area contributed by atoms with Crippen molar-refractivity contribution in [1.82, 2.24) is 9.55 Å². The maximum Gasteiger partial charge on any atom is 0.145 e. The highest BCUT2D eigenvalue weighted by molar-refractivity contribution is 8.25. The summed E-state index contributed by atoms with van der Waals surface area (Å²) in [6.45, 7) is 2.03. The Bertz CT molecular complexity index is 732. The first-order valence-electron chi connectivity index (χ1n) is 6.37. The molecular formula is C15H12ClN3S2. The number of nitrogens with zero attached hydrogens (tertiary/aromatic N) is 3. The first-order valence-corrected chi connectivity index (χ1v) is 8.61. The van der Waals surface area contributed by atoms with Gasteiger partial charge >= 0.3 is 0 Å². The minimum atomic E-state index is 0.282. The summed E-state index contributed by atoms with van der Waals surface area (Å²) in [6.07, 6.45) is 5.12. The lowest BCUT2D eigenvalue weighted by molar-refractivity contribution is 1.10. The summed E-state index contributed by atoms with van der Waals surface area (Å²) in [7, 11) is 0. The van der Waals surface area contributed by atoms with E-state index in [-0.39, 0.29) is 5.25 Å². The van der Waals surface area contributed by atoms with Crippen LogP contribution in [-0.4, -0.2) is 15.3 Å². The van der Waals surface area contributed by atoms with E-state index in [1.165, 1.54) is 0 Å². The number of rotatable bonds is 2. The molecule has 1 saturated heterocycles. The predicted molar refractivity (Wildman–Crippen MR) is 90.0 cm³/mol. The van der Waals surface area contributed by atoms with Gasteiger partial charge in [-0.3, -0.25) is 4.57 Å². The second kappa shape index (κ2) is 6.18. The van der Waals surface area contributed by atoms with Gasteiger partial charge in [0.1, 0.15) is 11.8 Å². The largest absolute Gasteiger partial charge is 0.296 e. The Morgan fingerprint density at radius 3 is 3.05 bits per heavy atom. The molecule has 1 aromatic carbocycles. The van der Waals surface area contributed by atoms with Crippen LogP contribution in [0.2, 0.25) is 5.02 Å². The Labute approximate surface area is 137 Å². The van der Waals surface area contributed by atoms with Gasteiger partial charge in [0.2, 0.25) is 0 Å². The molecule has 2 aromatic rings. The topological polar surface area (TPSA) is 41.6 Å². The van der Waals surface area contributed by atoms with Gasteiger partial charge < -0.3 is 0 Å². The van der Waals surface area contributed by atoms with E-state index in [9.17, 15) is 5.26 Å². The number of halogens is 1. The number of aryl methyl sites for hydroxylation is 1. The van der Waals surface area contributed by atoms with Gasteiger partial charge in [-0.2, -0.15) is 5.26 Å². The molecule has 0 aliphatic carbocycles. The van der Waals surface area contributed by atoms with Crippen LogP contribution in [-0.2, 0) is 0 Å². The zero-order valence-electron chi connectivity index (χ0n) is 11.3. The molecule has 3 nitrogen and oxygen atoms in total. The summed E-state index contributed by atoms with van der Waals surface area (Å²) in [5, 5.41) is 10.5. The van der Waals surface area contributed by atoms with Crippen molar-refractivity contribution >= 4 is 40.8 Å². The van der Waals surface area contributed by atoms with Crippen LogP contribution in [0.5, 0.6) is 0 Å². The highest BCUT2D eigenvalue weighted by Crippen LogP contribution is 2.53. The standard InChI is InChI=1S/C15H12ClN3S2/c1-10-2-3-11(12(16)6-10)14-8-20-15(21-14)13(7-17)19-5-4-18-9-19/h2-6,9,14H,8H2,1H3/b15-13-/t14-/m0/s1. The molecule has 0 amide bonds. The summed E-state index contributed by atoms with van der Waals surface area (Å²) in [5.41, 5.74) is 2.93. The third kappa shape index (κ3) is 2.98. The van der Waals surface area contributed by atoms with Crippen LogP contribution >= 0.6 is 35.1 Å². The summed E-state index contributed by atoms with van der Waals surface area (Å²) < 4.78 is 2.78. The lowest BCUT2D eigenvalue weighted by Gasteiger charge is -2.11. The van der Waals surface area contributed by atoms with Gasteiger partial charge in [-0.05, 0) is 24.1 Å². The molecule has 106 valence electrons. The fourth-order valence-corrected chi connectivity index (χ4v) is 5.48. The number of benzene rings is 1. The molecule has 1 aliphatic rings. The normalized spacial score (nSPS) is 20.3. The van der Waals surface area contributed by atoms with Crippen LogP contribution in [0.4, 0.5) is 0 Å². The SMILES string of the molecule is Cc1ccc([C@@H]2CS/C(=C(\C#N)n3ccnc3)S2)c(Cl)c1. The summed E-state index contributed by atoms with van der Waals surface area (Å²) in [4.78, 5) is 4.00. The maximum absolute atomic E-state index is 9.40. The second-order valence-electron chi connectivity index (χ2n) is 4.66. The van der Waals surface area contributed by atoms with Gasteiger partial charge in [0.15, 0.2) is 0 Å². The van der Waals surface area contributed by atoms with E-state index in [4.69, 9.17) is 11.6 Å². The van der Waals surface area contributed by atoms with Crippen molar-refractivity contribution in [1.29, 1.82) is 5.26 Å². The van der Waals surface area contributed by atoms with E-state index in [2.05, 4.69) is 23.2 Å². The average Bonchev–Trinajstić information content (AvgIpc) is 3.12. The smallest absolute Gasteiger partial charge is 0.145 e. The highest BCUT2D eigenvalue weighted by Gasteiger charge is 2.27. The summed E-state index contributed by atoms with van der Waals surface area (Å²) in [6, 6.07) is 8.43. The molecule has 1 aliphatic heterocycles. The van der Waals surface area contributed by atoms with Crippen LogP contribution in [0.3, 0.4) is 0 Å². The fraction of sp³-hybridized carbons (Fsp3) is 0.200. The zero-order valence-corrected chi connectivity index (χ0v) is 13.7. The molecule has 3 rings (SSSR count). The Morgan fingerprint density at radius 2 is 2.38 bits per heavy atom. The van der Waals surface area contributed by atoms with E-state index in [0.717, 1.165) is 26.1 Å².